The van der Waals surface area contributed by atoms with Crippen molar-refractivity contribution in [3.05, 3.63) is 29.8 Å². The van der Waals surface area contributed by atoms with Gasteiger partial charge in [-0.3, -0.25) is 4.79 Å². The van der Waals surface area contributed by atoms with E-state index in [1.807, 2.05) is 0 Å². The molecule has 2 atom stereocenters. The van der Waals surface area contributed by atoms with Gasteiger partial charge in [-0.2, -0.15) is 0 Å². The smallest absolute Gasteiger partial charge is 0.233 e. The molecule has 0 N–H and O–H groups in total. The third-order valence-electron chi connectivity index (χ3n) is 6.33. The summed E-state index contributed by atoms with van der Waals surface area (Å²) in [5.74, 6) is 2.35. The fourth-order valence-corrected chi connectivity index (χ4v) is 5.81. The zero-order valence-corrected chi connectivity index (χ0v) is 18.5. The van der Waals surface area contributed by atoms with Crippen molar-refractivity contribution >= 4 is 17.7 Å². The Morgan fingerprint density at radius 1 is 1.17 bits per heavy atom. The molecule has 1 aliphatic heterocycles. The SMILES string of the molecule is CCCn1c(SCC(=O)N2CCCC3CCCCC32)nnc1-c1cccc(C)c1. The molecule has 1 aromatic carbocycles. The van der Waals surface area contributed by atoms with E-state index in [1.54, 1.807) is 11.8 Å². The van der Waals surface area contributed by atoms with Gasteiger partial charge in [-0.15, -0.1) is 10.2 Å². The number of hydrogen-bond donors (Lipinski definition) is 0. The zero-order chi connectivity index (χ0) is 20.2. The minimum atomic E-state index is 0.273. The number of carbonyl (C=O) groups excluding carboxylic acids is 1. The average molecular weight is 413 g/mol. The Hall–Kier alpha value is -1.82. The number of hydrogen-bond acceptors (Lipinski definition) is 4. The molecular weight excluding hydrogens is 380 g/mol. The molecule has 29 heavy (non-hydrogen) atoms. The highest BCUT2D eigenvalue weighted by molar-refractivity contribution is 7.99. The van der Waals surface area contributed by atoms with Gasteiger partial charge in [0, 0.05) is 24.7 Å². The highest BCUT2D eigenvalue weighted by atomic mass is 32.2. The molecule has 2 fully saturated rings. The summed E-state index contributed by atoms with van der Waals surface area (Å²) in [6, 6.07) is 8.85. The van der Waals surface area contributed by atoms with Gasteiger partial charge in [0.25, 0.3) is 0 Å². The summed E-state index contributed by atoms with van der Waals surface area (Å²) in [4.78, 5) is 15.2. The van der Waals surface area contributed by atoms with Gasteiger partial charge in [-0.1, -0.05) is 55.3 Å². The highest BCUT2D eigenvalue weighted by Crippen LogP contribution is 2.36. The molecule has 1 amide bonds. The Bertz CT molecular complexity index is 847. The fourth-order valence-electron chi connectivity index (χ4n) is 4.96. The molecule has 5 nitrogen and oxygen atoms in total. The molecule has 2 aliphatic rings. The Balaban J connectivity index is 1.47. The number of fused-ring (bicyclic) bond motifs is 1. The molecule has 156 valence electrons. The number of benzene rings is 1. The first-order valence-electron chi connectivity index (χ1n) is 11.1. The van der Waals surface area contributed by atoms with Gasteiger partial charge in [0.1, 0.15) is 0 Å². The Morgan fingerprint density at radius 3 is 2.83 bits per heavy atom. The largest absolute Gasteiger partial charge is 0.339 e. The molecular formula is C23H32N4OS. The topological polar surface area (TPSA) is 51.0 Å². The summed E-state index contributed by atoms with van der Waals surface area (Å²) in [5.41, 5.74) is 2.30. The summed E-state index contributed by atoms with van der Waals surface area (Å²) < 4.78 is 2.17. The first-order chi connectivity index (χ1) is 14.2. The van der Waals surface area contributed by atoms with E-state index in [1.165, 1.54) is 37.7 Å². The molecule has 0 bridgehead atoms. The van der Waals surface area contributed by atoms with Gasteiger partial charge in [-0.25, -0.2) is 0 Å². The van der Waals surface area contributed by atoms with E-state index in [-0.39, 0.29) is 5.91 Å². The van der Waals surface area contributed by atoms with Crippen LogP contribution in [0.5, 0.6) is 0 Å². The van der Waals surface area contributed by atoms with Gasteiger partial charge in [0.15, 0.2) is 11.0 Å². The van der Waals surface area contributed by atoms with E-state index in [2.05, 4.69) is 57.8 Å². The van der Waals surface area contributed by atoms with Crippen molar-refractivity contribution < 1.29 is 4.79 Å². The summed E-state index contributed by atoms with van der Waals surface area (Å²) in [5, 5.41) is 9.77. The van der Waals surface area contributed by atoms with Crippen molar-refractivity contribution in [3.8, 4) is 11.4 Å². The number of aromatic nitrogens is 3. The molecule has 2 unspecified atom stereocenters. The zero-order valence-electron chi connectivity index (χ0n) is 17.6. The van der Waals surface area contributed by atoms with Gasteiger partial charge < -0.3 is 9.47 Å². The molecule has 6 heteroatoms. The van der Waals surface area contributed by atoms with Crippen molar-refractivity contribution in [1.82, 2.24) is 19.7 Å². The van der Waals surface area contributed by atoms with Gasteiger partial charge in [-0.05, 0) is 51.0 Å². The minimum Gasteiger partial charge on any atom is -0.339 e. The maximum Gasteiger partial charge on any atom is 0.233 e. The van der Waals surface area contributed by atoms with Crippen LogP contribution in [-0.2, 0) is 11.3 Å². The van der Waals surface area contributed by atoms with Crippen molar-refractivity contribution in [1.29, 1.82) is 0 Å². The van der Waals surface area contributed by atoms with E-state index in [9.17, 15) is 4.79 Å². The van der Waals surface area contributed by atoms with E-state index in [4.69, 9.17) is 0 Å². The van der Waals surface area contributed by atoms with Gasteiger partial charge in [0.2, 0.25) is 5.91 Å². The maximum absolute atomic E-state index is 13.1. The van der Waals surface area contributed by atoms with Gasteiger partial charge in [0.05, 0.1) is 5.75 Å². The average Bonchev–Trinajstić information content (AvgIpc) is 3.14. The number of carbonyl (C=O) groups is 1. The van der Waals surface area contributed by atoms with Gasteiger partial charge >= 0.3 is 0 Å². The van der Waals surface area contributed by atoms with Crippen LogP contribution in [0.2, 0.25) is 0 Å². The third-order valence-corrected chi connectivity index (χ3v) is 7.28. The van der Waals surface area contributed by atoms with E-state index in [0.29, 0.717) is 11.8 Å². The van der Waals surface area contributed by atoms with Crippen LogP contribution < -0.4 is 0 Å². The van der Waals surface area contributed by atoms with Crippen LogP contribution in [0.1, 0.15) is 57.4 Å². The highest BCUT2D eigenvalue weighted by Gasteiger charge is 2.35. The lowest BCUT2D eigenvalue weighted by Gasteiger charge is -2.44. The van der Waals surface area contributed by atoms with Crippen LogP contribution in [0.3, 0.4) is 0 Å². The second-order valence-electron chi connectivity index (χ2n) is 8.46. The molecule has 2 heterocycles. The lowest BCUT2D eigenvalue weighted by molar-refractivity contribution is -0.134. The molecule has 1 saturated carbocycles. The molecule has 1 aromatic heterocycles. The normalized spacial score (nSPS) is 21.8. The molecule has 1 aliphatic carbocycles. The molecule has 0 radical (unpaired) electrons. The summed E-state index contributed by atoms with van der Waals surface area (Å²) in [7, 11) is 0. The van der Waals surface area contributed by atoms with Crippen molar-refractivity contribution in [2.75, 3.05) is 12.3 Å². The minimum absolute atomic E-state index is 0.273. The van der Waals surface area contributed by atoms with Crippen molar-refractivity contribution in [2.45, 2.75) is 76.5 Å². The molecule has 0 spiro atoms. The molecule has 2 aromatic rings. The predicted molar refractivity (Wildman–Crippen MR) is 118 cm³/mol. The van der Waals surface area contributed by atoms with Crippen LogP contribution in [0.4, 0.5) is 0 Å². The summed E-state index contributed by atoms with van der Waals surface area (Å²) >= 11 is 1.55. The predicted octanol–water partition coefficient (Wildman–Crippen LogP) is 4.94. The van der Waals surface area contributed by atoms with Crippen LogP contribution in [0.15, 0.2) is 29.4 Å². The fraction of sp³-hybridized carbons (Fsp3) is 0.609. The first-order valence-corrected chi connectivity index (χ1v) is 12.1. The Labute approximate surface area is 178 Å². The summed E-state index contributed by atoms with van der Waals surface area (Å²) in [6.07, 6.45) is 8.54. The number of nitrogens with zero attached hydrogens (tertiary/aromatic N) is 4. The number of aryl methyl sites for hydroxylation is 1. The molecule has 1 saturated heterocycles. The van der Waals surface area contributed by atoms with E-state index in [0.717, 1.165) is 48.4 Å². The third kappa shape index (κ3) is 4.52. The molecule has 4 rings (SSSR count). The van der Waals surface area contributed by atoms with Crippen LogP contribution >= 0.6 is 11.8 Å². The number of likely N-dealkylation sites (tertiary alicyclic amines) is 1. The maximum atomic E-state index is 13.1. The number of amides is 1. The lowest BCUT2D eigenvalue weighted by Crippen LogP contribution is -2.50. The van der Waals surface area contributed by atoms with Crippen molar-refractivity contribution in [3.63, 3.8) is 0 Å². The van der Waals surface area contributed by atoms with Crippen molar-refractivity contribution in [2.24, 2.45) is 5.92 Å². The Morgan fingerprint density at radius 2 is 2.00 bits per heavy atom. The summed E-state index contributed by atoms with van der Waals surface area (Å²) in [6.45, 7) is 6.05. The van der Waals surface area contributed by atoms with E-state index >= 15 is 0 Å². The van der Waals surface area contributed by atoms with Crippen LogP contribution in [-0.4, -0.2) is 43.9 Å². The number of piperidine rings is 1. The van der Waals surface area contributed by atoms with Crippen LogP contribution in [0.25, 0.3) is 11.4 Å². The monoisotopic (exact) mass is 412 g/mol. The lowest BCUT2D eigenvalue weighted by atomic mass is 9.78. The Kier molecular flexibility index (Phi) is 6.58. The van der Waals surface area contributed by atoms with Crippen LogP contribution in [0, 0.1) is 12.8 Å². The number of thioether (sulfide) groups is 1. The quantitative estimate of drug-likeness (QED) is 0.631. The second-order valence-corrected chi connectivity index (χ2v) is 9.40. The first kappa shape index (κ1) is 20.5. The van der Waals surface area contributed by atoms with E-state index < -0.39 is 0 Å². The standard InChI is InChI=1S/C23H32N4OS/c1-3-13-27-22(19-10-6-8-17(2)15-19)24-25-23(27)29-16-21(28)26-14-7-11-18-9-4-5-12-20(18)26/h6,8,10,15,18,20H,3-5,7,9,11-14,16H2,1-2H3. The number of rotatable bonds is 6. The second kappa shape index (κ2) is 9.33.